The molecule has 1 unspecified atom stereocenters. The molecular formula is C17H21N3OS. The molecule has 2 aromatic rings. The summed E-state index contributed by atoms with van der Waals surface area (Å²) in [5.74, 6) is 0.968. The second-order valence-corrected chi connectivity index (χ2v) is 7.40. The van der Waals surface area contributed by atoms with Gasteiger partial charge in [-0.05, 0) is 38.7 Å². The van der Waals surface area contributed by atoms with Crippen LogP contribution in [0.2, 0.25) is 0 Å². The summed E-state index contributed by atoms with van der Waals surface area (Å²) in [7, 11) is 0. The Labute approximate surface area is 135 Å². The van der Waals surface area contributed by atoms with E-state index in [9.17, 15) is 0 Å². The molecule has 5 heteroatoms. The van der Waals surface area contributed by atoms with Crippen molar-refractivity contribution >= 4 is 11.3 Å². The van der Waals surface area contributed by atoms with E-state index in [2.05, 4.69) is 9.88 Å². The van der Waals surface area contributed by atoms with Crippen LogP contribution in [-0.2, 0) is 19.4 Å². The third-order valence-corrected chi connectivity index (χ3v) is 5.63. The van der Waals surface area contributed by atoms with Gasteiger partial charge < -0.3 is 4.74 Å². The molecule has 2 aliphatic rings. The summed E-state index contributed by atoms with van der Waals surface area (Å²) in [6.45, 7) is 5.12. The molecule has 4 nitrogen and oxygen atoms in total. The number of thiazole rings is 1. The number of fused-ring (bicyclic) bond motifs is 1. The summed E-state index contributed by atoms with van der Waals surface area (Å²) in [4.78, 5) is 12.9. The van der Waals surface area contributed by atoms with Gasteiger partial charge in [0.15, 0.2) is 0 Å². The predicted octanol–water partition coefficient (Wildman–Crippen LogP) is 2.99. The third-order valence-electron chi connectivity index (χ3n) is 4.49. The molecule has 4 rings (SSSR count). The molecule has 1 saturated heterocycles. The Morgan fingerprint density at radius 3 is 3.23 bits per heavy atom. The number of hydrogen-bond donors (Lipinski definition) is 0. The quantitative estimate of drug-likeness (QED) is 0.869. The summed E-state index contributed by atoms with van der Waals surface area (Å²) in [6.07, 6.45) is 8.74. The Kier molecular flexibility index (Phi) is 3.84. The summed E-state index contributed by atoms with van der Waals surface area (Å²) in [5, 5.41) is 1.28. The molecular weight excluding hydrogens is 294 g/mol. The minimum atomic E-state index is 0.285. The van der Waals surface area contributed by atoms with Gasteiger partial charge in [-0.1, -0.05) is 0 Å². The van der Waals surface area contributed by atoms with Gasteiger partial charge >= 0.3 is 0 Å². The Morgan fingerprint density at radius 2 is 2.36 bits per heavy atom. The van der Waals surface area contributed by atoms with Gasteiger partial charge in [0.2, 0.25) is 0 Å². The van der Waals surface area contributed by atoms with Gasteiger partial charge in [-0.2, -0.15) is 0 Å². The predicted molar refractivity (Wildman–Crippen MR) is 87.4 cm³/mol. The molecule has 2 aromatic heterocycles. The number of pyridine rings is 1. The van der Waals surface area contributed by atoms with Crippen molar-refractivity contribution in [3.05, 3.63) is 39.6 Å². The topological polar surface area (TPSA) is 38.2 Å². The van der Waals surface area contributed by atoms with Crippen molar-refractivity contribution in [2.75, 3.05) is 13.1 Å². The molecule has 0 saturated carbocycles. The molecule has 1 fully saturated rings. The largest absolute Gasteiger partial charge is 0.489 e. The molecule has 1 aliphatic heterocycles. The number of rotatable bonds is 4. The number of hydrogen-bond acceptors (Lipinski definition) is 5. The van der Waals surface area contributed by atoms with E-state index in [1.54, 1.807) is 6.20 Å². The van der Waals surface area contributed by atoms with Gasteiger partial charge in [-0.15, -0.1) is 11.3 Å². The summed E-state index contributed by atoms with van der Waals surface area (Å²) < 4.78 is 6.14. The van der Waals surface area contributed by atoms with Crippen LogP contribution in [0.4, 0.5) is 0 Å². The number of nitrogens with zero attached hydrogens (tertiary/aromatic N) is 3. The SMILES string of the molecule is Cc1cnccc1OC1CCN(Cc2nc3c(s2)CCC3)C1. The van der Waals surface area contributed by atoms with E-state index in [1.165, 1.54) is 34.8 Å². The smallest absolute Gasteiger partial charge is 0.125 e. The van der Waals surface area contributed by atoms with E-state index in [0.717, 1.165) is 37.4 Å². The van der Waals surface area contributed by atoms with Crippen LogP contribution in [0.3, 0.4) is 0 Å². The first kappa shape index (κ1) is 14.2. The Morgan fingerprint density at radius 1 is 1.41 bits per heavy atom. The van der Waals surface area contributed by atoms with E-state index >= 15 is 0 Å². The van der Waals surface area contributed by atoms with Gasteiger partial charge in [0.25, 0.3) is 0 Å². The number of ether oxygens (including phenoxy) is 1. The highest BCUT2D eigenvalue weighted by atomic mass is 32.1. The zero-order valence-corrected chi connectivity index (χ0v) is 13.7. The van der Waals surface area contributed by atoms with Crippen molar-refractivity contribution in [2.24, 2.45) is 0 Å². The van der Waals surface area contributed by atoms with E-state index in [4.69, 9.17) is 9.72 Å². The second-order valence-electron chi connectivity index (χ2n) is 6.24. The van der Waals surface area contributed by atoms with Crippen molar-refractivity contribution < 1.29 is 4.74 Å². The van der Waals surface area contributed by atoms with Crippen molar-refractivity contribution in [1.29, 1.82) is 0 Å². The highest BCUT2D eigenvalue weighted by Gasteiger charge is 2.26. The maximum Gasteiger partial charge on any atom is 0.125 e. The molecule has 0 aromatic carbocycles. The molecule has 116 valence electrons. The zero-order chi connectivity index (χ0) is 14.9. The van der Waals surface area contributed by atoms with E-state index in [1.807, 2.05) is 30.5 Å². The molecule has 0 bridgehead atoms. The molecule has 1 aliphatic carbocycles. The van der Waals surface area contributed by atoms with Crippen LogP contribution in [0.15, 0.2) is 18.5 Å². The Balaban J connectivity index is 1.35. The number of aromatic nitrogens is 2. The highest BCUT2D eigenvalue weighted by Crippen LogP contribution is 2.29. The minimum Gasteiger partial charge on any atom is -0.489 e. The lowest BCUT2D eigenvalue weighted by Gasteiger charge is -2.16. The first-order chi connectivity index (χ1) is 10.8. The second kappa shape index (κ2) is 5.97. The Hall–Kier alpha value is -1.46. The van der Waals surface area contributed by atoms with Gasteiger partial charge in [-0.25, -0.2) is 4.98 Å². The first-order valence-corrected chi connectivity index (χ1v) is 8.86. The van der Waals surface area contributed by atoms with Gasteiger partial charge in [-0.3, -0.25) is 9.88 Å². The van der Waals surface area contributed by atoms with Crippen LogP contribution < -0.4 is 4.74 Å². The van der Waals surface area contributed by atoms with Gasteiger partial charge in [0, 0.05) is 35.9 Å². The molecule has 0 amide bonds. The van der Waals surface area contributed by atoms with E-state index in [0.29, 0.717) is 0 Å². The Bertz CT molecular complexity index is 648. The molecule has 0 radical (unpaired) electrons. The van der Waals surface area contributed by atoms with Gasteiger partial charge in [0.05, 0.1) is 12.2 Å². The fraction of sp³-hybridized carbons (Fsp3) is 0.529. The van der Waals surface area contributed by atoms with Crippen molar-refractivity contribution in [2.45, 2.75) is 45.3 Å². The summed E-state index contributed by atoms with van der Waals surface area (Å²) in [5.41, 5.74) is 2.47. The van der Waals surface area contributed by atoms with Crippen LogP contribution in [0.1, 0.15) is 34.0 Å². The lowest BCUT2D eigenvalue weighted by Crippen LogP contribution is -2.24. The first-order valence-electron chi connectivity index (χ1n) is 8.05. The number of likely N-dealkylation sites (tertiary alicyclic amines) is 1. The highest BCUT2D eigenvalue weighted by molar-refractivity contribution is 7.11. The van der Waals surface area contributed by atoms with E-state index < -0.39 is 0 Å². The standard InChI is InChI=1S/C17H21N3OS/c1-12-9-18-7-5-15(12)21-13-6-8-20(10-13)11-17-19-14-3-2-4-16(14)22-17/h5,7,9,13H,2-4,6,8,10-11H2,1H3. The van der Waals surface area contributed by atoms with Crippen LogP contribution in [0.5, 0.6) is 5.75 Å². The van der Waals surface area contributed by atoms with Crippen LogP contribution in [-0.4, -0.2) is 34.1 Å². The fourth-order valence-corrected chi connectivity index (χ4v) is 4.51. The third kappa shape index (κ3) is 2.88. The minimum absolute atomic E-state index is 0.285. The molecule has 1 atom stereocenters. The average Bonchev–Trinajstić information content (AvgIpc) is 3.18. The van der Waals surface area contributed by atoms with E-state index in [-0.39, 0.29) is 6.10 Å². The van der Waals surface area contributed by atoms with Crippen molar-refractivity contribution in [1.82, 2.24) is 14.9 Å². The lowest BCUT2D eigenvalue weighted by molar-refractivity contribution is 0.197. The maximum atomic E-state index is 6.14. The van der Waals surface area contributed by atoms with Crippen LogP contribution in [0, 0.1) is 6.92 Å². The lowest BCUT2D eigenvalue weighted by atomic mass is 10.2. The van der Waals surface area contributed by atoms with Crippen molar-refractivity contribution in [3.8, 4) is 5.75 Å². The maximum absolute atomic E-state index is 6.14. The summed E-state index contributed by atoms with van der Waals surface area (Å²) in [6, 6.07) is 1.96. The average molecular weight is 315 g/mol. The number of aryl methyl sites for hydroxylation is 3. The molecule has 3 heterocycles. The monoisotopic (exact) mass is 315 g/mol. The van der Waals surface area contributed by atoms with Gasteiger partial charge in [0.1, 0.15) is 16.9 Å². The zero-order valence-electron chi connectivity index (χ0n) is 12.9. The fourth-order valence-electron chi connectivity index (χ4n) is 3.31. The van der Waals surface area contributed by atoms with Crippen LogP contribution in [0.25, 0.3) is 0 Å². The molecule has 22 heavy (non-hydrogen) atoms. The normalized spacial score (nSPS) is 21.2. The van der Waals surface area contributed by atoms with Crippen LogP contribution >= 0.6 is 11.3 Å². The summed E-state index contributed by atoms with van der Waals surface area (Å²) >= 11 is 1.91. The van der Waals surface area contributed by atoms with Crippen molar-refractivity contribution in [3.63, 3.8) is 0 Å². The molecule has 0 N–H and O–H groups in total. The molecule has 0 spiro atoms.